The molecule has 0 aromatic carbocycles. The SMILES string of the molecule is c1csc(CN(c2cncc(CNC3CC3)n2)C2CC2)c1. The first kappa shape index (κ1) is 13.2. The molecule has 0 aliphatic heterocycles. The third-order valence-electron chi connectivity index (χ3n) is 4.01. The maximum Gasteiger partial charge on any atom is 0.148 e. The lowest BCUT2D eigenvalue weighted by molar-refractivity contribution is 0.667. The Labute approximate surface area is 129 Å². The van der Waals surface area contributed by atoms with Gasteiger partial charge in [-0.05, 0) is 37.1 Å². The summed E-state index contributed by atoms with van der Waals surface area (Å²) in [6.07, 6.45) is 8.95. The van der Waals surface area contributed by atoms with Crippen LogP contribution in [0.2, 0.25) is 0 Å². The van der Waals surface area contributed by atoms with Crippen molar-refractivity contribution >= 4 is 17.2 Å². The summed E-state index contributed by atoms with van der Waals surface area (Å²) >= 11 is 1.82. The predicted octanol–water partition coefficient (Wildman–Crippen LogP) is 2.96. The number of anilines is 1. The molecular weight excluding hydrogens is 280 g/mol. The Bertz CT molecular complexity index is 590. The Morgan fingerprint density at radius 3 is 2.86 bits per heavy atom. The van der Waals surface area contributed by atoms with Gasteiger partial charge in [0.25, 0.3) is 0 Å². The lowest BCUT2D eigenvalue weighted by atomic mass is 10.3. The molecular formula is C16H20N4S. The summed E-state index contributed by atoms with van der Waals surface area (Å²) < 4.78 is 0. The standard InChI is InChI=1S/C16H20N4S/c1-2-15(21-7-1)11-20(14-5-6-14)16-10-17-8-13(19-16)9-18-12-3-4-12/h1-2,7-8,10,12,14,18H,3-6,9,11H2. The topological polar surface area (TPSA) is 41.1 Å². The largest absolute Gasteiger partial charge is 0.347 e. The highest BCUT2D eigenvalue weighted by Crippen LogP contribution is 2.32. The van der Waals surface area contributed by atoms with Crippen molar-refractivity contribution in [3.63, 3.8) is 0 Å². The number of nitrogens with zero attached hydrogens (tertiary/aromatic N) is 3. The first-order valence-electron chi connectivity index (χ1n) is 7.72. The van der Waals surface area contributed by atoms with Gasteiger partial charge in [0.05, 0.1) is 18.4 Å². The van der Waals surface area contributed by atoms with E-state index in [1.54, 1.807) is 0 Å². The minimum Gasteiger partial charge on any atom is -0.347 e. The highest BCUT2D eigenvalue weighted by atomic mass is 32.1. The molecule has 2 saturated carbocycles. The highest BCUT2D eigenvalue weighted by molar-refractivity contribution is 7.09. The summed E-state index contributed by atoms with van der Waals surface area (Å²) in [4.78, 5) is 13.0. The molecule has 2 aromatic rings. The molecule has 0 saturated heterocycles. The van der Waals surface area contributed by atoms with Crippen LogP contribution in [0.3, 0.4) is 0 Å². The summed E-state index contributed by atoms with van der Waals surface area (Å²) in [6.45, 7) is 1.79. The van der Waals surface area contributed by atoms with Gasteiger partial charge in [0.1, 0.15) is 5.82 Å². The van der Waals surface area contributed by atoms with Gasteiger partial charge in [-0.25, -0.2) is 4.98 Å². The molecule has 110 valence electrons. The molecule has 0 spiro atoms. The van der Waals surface area contributed by atoms with Crippen molar-refractivity contribution in [3.05, 3.63) is 40.5 Å². The van der Waals surface area contributed by atoms with E-state index >= 15 is 0 Å². The molecule has 0 atom stereocenters. The second-order valence-corrected chi connectivity index (χ2v) is 6.99. The van der Waals surface area contributed by atoms with E-state index in [0.29, 0.717) is 12.1 Å². The molecule has 2 heterocycles. The zero-order valence-corrected chi connectivity index (χ0v) is 12.9. The molecule has 5 heteroatoms. The van der Waals surface area contributed by atoms with E-state index in [9.17, 15) is 0 Å². The van der Waals surface area contributed by atoms with Gasteiger partial charge in [-0.1, -0.05) is 6.07 Å². The first-order valence-corrected chi connectivity index (χ1v) is 8.60. The molecule has 4 nitrogen and oxygen atoms in total. The van der Waals surface area contributed by atoms with E-state index in [0.717, 1.165) is 24.6 Å². The Morgan fingerprint density at radius 1 is 1.24 bits per heavy atom. The van der Waals surface area contributed by atoms with Crippen molar-refractivity contribution in [2.45, 2.75) is 50.9 Å². The van der Waals surface area contributed by atoms with Crippen LogP contribution < -0.4 is 10.2 Å². The van der Waals surface area contributed by atoms with E-state index in [1.165, 1.54) is 30.6 Å². The maximum absolute atomic E-state index is 4.82. The van der Waals surface area contributed by atoms with Crippen LogP contribution in [0.1, 0.15) is 36.3 Å². The fourth-order valence-corrected chi connectivity index (χ4v) is 3.21. The Morgan fingerprint density at radius 2 is 2.14 bits per heavy atom. The van der Waals surface area contributed by atoms with Crippen molar-refractivity contribution in [2.75, 3.05) is 4.90 Å². The summed E-state index contributed by atoms with van der Waals surface area (Å²) in [6, 6.07) is 5.67. The molecule has 2 aliphatic carbocycles. The molecule has 1 N–H and O–H groups in total. The molecule has 2 aliphatic rings. The normalized spacial score (nSPS) is 17.9. The Balaban J connectivity index is 1.49. The third-order valence-corrected chi connectivity index (χ3v) is 4.87. The maximum atomic E-state index is 4.82. The second-order valence-electron chi connectivity index (χ2n) is 5.96. The van der Waals surface area contributed by atoms with Crippen molar-refractivity contribution in [1.82, 2.24) is 15.3 Å². The van der Waals surface area contributed by atoms with Crippen LogP contribution in [0.5, 0.6) is 0 Å². The lowest BCUT2D eigenvalue weighted by Gasteiger charge is -2.23. The van der Waals surface area contributed by atoms with E-state index in [1.807, 2.05) is 23.7 Å². The van der Waals surface area contributed by atoms with Gasteiger partial charge in [0.15, 0.2) is 0 Å². The van der Waals surface area contributed by atoms with E-state index in [-0.39, 0.29) is 0 Å². The summed E-state index contributed by atoms with van der Waals surface area (Å²) in [7, 11) is 0. The van der Waals surface area contributed by atoms with E-state index in [2.05, 4.69) is 32.7 Å². The van der Waals surface area contributed by atoms with Crippen LogP contribution in [0, 0.1) is 0 Å². The van der Waals surface area contributed by atoms with Crippen LogP contribution >= 0.6 is 11.3 Å². The van der Waals surface area contributed by atoms with Crippen LogP contribution in [0.25, 0.3) is 0 Å². The minimum atomic E-state index is 0.646. The number of rotatable bonds is 7. The highest BCUT2D eigenvalue weighted by Gasteiger charge is 2.30. The van der Waals surface area contributed by atoms with Gasteiger partial charge >= 0.3 is 0 Å². The van der Waals surface area contributed by atoms with Gasteiger partial charge in [-0.2, -0.15) is 0 Å². The summed E-state index contributed by atoms with van der Waals surface area (Å²) in [5.74, 6) is 1.03. The van der Waals surface area contributed by atoms with Gasteiger partial charge in [0, 0.05) is 29.7 Å². The van der Waals surface area contributed by atoms with Gasteiger partial charge < -0.3 is 10.2 Å². The minimum absolute atomic E-state index is 0.646. The number of aromatic nitrogens is 2. The third kappa shape index (κ3) is 3.41. The number of hydrogen-bond donors (Lipinski definition) is 1. The number of thiophene rings is 1. The van der Waals surface area contributed by atoms with Crippen molar-refractivity contribution in [1.29, 1.82) is 0 Å². The quantitative estimate of drug-likeness (QED) is 0.853. The second kappa shape index (κ2) is 5.73. The molecule has 2 aromatic heterocycles. The average molecular weight is 300 g/mol. The molecule has 4 rings (SSSR count). The lowest BCUT2D eigenvalue weighted by Crippen LogP contribution is -2.26. The summed E-state index contributed by atoms with van der Waals surface area (Å²) in [5.41, 5.74) is 1.05. The zero-order chi connectivity index (χ0) is 14.1. The molecule has 0 amide bonds. The fraction of sp³-hybridized carbons (Fsp3) is 0.500. The van der Waals surface area contributed by atoms with Gasteiger partial charge in [-0.15, -0.1) is 11.3 Å². The number of hydrogen-bond acceptors (Lipinski definition) is 5. The van der Waals surface area contributed by atoms with E-state index < -0.39 is 0 Å². The zero-order valence-electron chi connectivity index (χ0n) is 12.0. The fourth-order valence-electron chi connectivity index (χ4n) is 2.51. The first-order chi connectivity index (χ1) is 10.4. The van der Waals surface area contributed by atoms with Gasteiger partial charge in [0.2, 0.25) is 0 Å². The van der Waals surface area contributed by atoms with Crippen molar-refractivity contribution in [3.8, 4) is 0 Å². The summed E-state index contributed by atoms with van der Waals surface area (Å²) in [5, 5.41) is 5.65. The van der Waals surface area contributed by atoms with Crippen LogP contribution in [-0.2, 0) is 13.1 Å². The Kier molecular flexibility index (Phi) is 3.61. The molecule has 21 heavy (non-hydrogen) atoms. The molecule has 2 fully saturated rings. The Hall–Kier alpha value is -1.46. The predicted molar refractivity (Wildman–Crippen MR) is 85.4 cm³/mol. The van der Waals surface area contributed by atoms with Crippen molar-refractivity contribution in [2.24, 2.45) is 0 Å². The van der Waals surface area contributed by atoms with Crippen LogP contribution in [0.4, 0.5) is 5.82 Å². The monoisotopic (exact) mass is 300 g/mol. The van der Waals surface area contributed by atoms with Crippen LogP contribution in [-0.4, -0.2) is 22.1 Å². The smallest absolute Gasteiger partial charge is 0.148 e. The molecule has 0 bridgehead atoms. The van der Waals surface area contributed by atoms with E-state index in [4.69, 9.17) is 4.98 Å². The van der Waals surface area contributed by atoms with Crippen LogP contribution in [0.15, 0.2) is 29.9 Å². The molecule has 0 unspecified atom stereocenters. The molecule has 0 radical (unpaired) electrons. The average Bonchev–Trinajstić information content (AvgIpc) is 3.44. The van der Waals surface area contributed by atoms with Gasteiger partial charge in [-0.3, -0.25) is 4.98 Å². The van der Waals surface area contributed by atoms with Crippen molar-refractivity contribution < 1.29 is 0 Å². The number of nitrogens with one attached hydrogen (secondary N) is 1.